The molecule has 1 aromatic carbocycles. The number of carbonyl (C=O) groups is 2. The maximum atomic E-state index is 12.9. The summed E-state index contributed by atoms with van der Waals surface area (Å²) in [6.45, 7) is 3.78. The van der Waals surface area contributed by atoms with E-state index in [0.717, 1.165) is 11.1 Å². The van der Waals surface area contributed by atoms with E-state index in [0.29, 0.717) is 5.03 Å². The van der Waals surface area contributed by atoms with E-state index in [9.17, 15) is 9.59 Å². The zero-order valence-corrected chi connectivity index (χ0v) is 16.5. The minimum Gasteiger partial charge on any atom is -0.469 e. The van der Waals surface area contributed by atoms with Crippen molar-refractivity contribution in [1.82, 2.24) is 4.90 Å². The second-order valence-electron chi connectivity index (χ2n) is 6.79. The normalized spacial score (nSPS) is 27.0. The summed E-state index contributed by atoms with van der Waals surface area (Å²) in [7, 11) is 2.69. The van der Waals surface area contributed by atoms with Crippen molar-refractivity contribution in [2.24, 2.45) is 5.92 Å². The summed E-state index contributed by atoms with van der Waals surface area (Å²) in [5.74, 6) is -1.71. The maximum absolute atomic E-state index is 12.9. The molecule has 5 nitrogen and oxygen atoms in total. The monoisotopic (exact) mass is 387 g/mol. The van der Waals surface area contributed by atoms with Crippen LogP contribution in [0.3, 0.4) is 0 Å². The quantitative estimate of drug-likeness (QED) is 0.739. The highest BCUT2D eigenvalue weighted by molar-refractivity contribution is 6.32. The van der Waals surface area contributed by atoms with E-state index < -0.39 is 17.4 Å². The Labute approximate surface area is 163 Å². The van der Waals surface area contributed by atoms with Gasteiger partial charge in [-0.2, -0.15) is 0 Å². The van der Waals surface area contributed by atoms with Crippen LogP contribution in [0.25, 0.3) is 0 Å². The number of hydrogen-bond donors (Lipinski definition) is 0. The summed E-state index contributed by atoms with van der Waals surface area (Å²) in [5.41, 5.74) is 1.19. The summed E-state index contributed by atoms with van der Waals surface area (Å²) >= 11 is 6.47. The molecule has 3 rings (SSSR count). The lowest BCUT2D eigenvalue weighted by Gasteiger charge is -2.52. The lowest BCUT2D eigenvalue weighted by Crippen LogP contribution is -2.58. The molecular formula is C21H22ClNO4. The highest BCUT2D eigenvalue weighted by atomic mass is 35.5. The summed E-state index contributed by atoms with van der Waals surface area (Å²) in [6, 6.07) is 9.75. The van der Waals surface area contributed by atoms with Crippen molar-refractivity contribution in [3.05, 3.63) is 70.5 Å². The first-order valence-corrected chi connectivity index (χ1v) is 9.01. The Balaban J connectivity index is 2.23. The van der Waals surface area contributed by atoms with Gasteiger partial charge in [-0.05, 0) is 31.1 Å². The van der Waals surface area contributed by atoms with Crippen molar-refractivity contribution in [3.63, 3.8) is 0 Å². The van der Waals surface area contributed by atoms with E-state index in [1.54, 1.807) is 11.0 Å². The number of esters is 2. The van der Waals surface area contributed by atoms with E-state index in [2.05, 4.69) is 0 Å². The van der Waals surface area contributed by atoms with Crippen LogP contribution in [0.4, 0.5) is 0 Å². The van der Waals surface area contributed by atoms with Crippen molar-refractivity contribution >= 4 is 23.5 Å². The molecule has 2 aliphatic heterocycles. The fraction of sp³-hybridized carbons (Fsp3) is 0.333. The fourth-order valence-corrected chi connectivity index (χ4v) is 4.27. The van der Waals surface area contributed by atoms with Crippen molar-refractivity contribution in [3.8, 4) is 0 Å². The van der Waals surface area contributed by atoms with Crippen LogP contribution >= 0.6 is 11.6 Å². The molecule has 3 unspecified atom stereocenters. The highest BCUT2D eigenvalue weighted by Gasteiger charge is 2.54. The molecule has 0 aromatic heterocycles. The molecule has 0 saturated carbocycles. The average molecular weight is 388 g/mol. The molecule has 2 aliphatic rings. The standard InChI is InChI=1S/C21H22ClNO4/c1-13-16(22)12-17(19(24)26-3)23-11-10-15(14-8-6-5-7-9-14)18(20(25)27-4)21(13,23)2/h5-12,15,18H,1-4H3. The number of ether oxygens (including phenoxy) is 2. The maximum Gasteiger partial charge on any atom is 0.354 e. The average Bonchev–Trinajstić information content (AvgIpc) is 2.69. The summed E-state index contributed by atoms with van der Waals surface area (Å²) in [4.78, 5) is 27.0. The van der Waals surface area contributed by atoms with Crippen LogP contribution in [0.15, 0.2) is 65.0 Å². The van der Waals surface area contributed by atoms with Crippen LogP contribution in [0.1, 0.15) is 25.3 Å². The number of hydrogen-bond acceptors (Lipinski definition) is 5. The SMILES string of the molecule is COC(=O)C1=CC(Cl)=C(C)C2(C)C(C(=O)OC)C(c3ccccc3)C=CN12. The molecule has 0 saturated heterocycles. The van der Waals surface area contributed by atoms with Gasteiger partial charge in [-0.1, -0.05) is 48.0 Å². The van der Waals surface area contributed by atoms with Crippen LogP contribution in [-0.4, -0.2) is 36.6 Å². The zero-order chi connectivity index (χ0) is 19.8. The van der Waals surface area contributed by atoms with Crippen LogP contribution in [0.2, 0.25) is 0 Å². The van der Waals surface area contributed by atoms with Gasteiger partial charge in [0.15, 0.2) is 0 Å². The van der Waals surface area contributed by atoms with E-state index in [1.165, 1.54) is 14.2 Å². The Morgan fingerprint density at radius 3 is 2.41 bits per heavy atom. The first-order chi connectivity index (χ1) is 12.9. The molecule has 0 spiro atoms. The second-order valence-corrected chi connectivity index (χ2v) is 7.20. The van der Waals surface area contributed by atoms with Crippen molar-refractivity contribution < 1.29 is 19.1 Å². The Kier molecular flexibility index (Phi) is 5.16. The summed E-state index contributed by atoms with van der Waals surface area (Å²) in [5, 5.41) is 0.421. The Morgan fingerprint density at radius 1 is 1.15 bits per heavy atom. The molecule has 1 aromatic rings. The smallest absolute Gasteiger partial charge is 0.354 e. The third-order valence-corrected chi connectivity index (χ3v) is 5.97. The van der Waals surface area contributed by atoms with Gasteiger partial charge in [0.1, 0.15) is 5.70 Å². The van der Waals surface area contributed by atoms with Gasteiger partial charge in [0, 0.05) is 17.2 Å². The van der Waals surface area contributed by atoms with Crippen LogP contribution < -0.4 is 0 Å². The molecule has 0 N–H and O–H groups in total. The second kappa shape index (κ2) is 7.24. The first-order valence-electron chi connectivity index (χ1n) is 8.63. The van der Waals surface area contributed by atoms with Gasteiger partial charge in [0.2, 0.25) is 0 Å². The van der Waals surface area contributed by atoms with Crippen molar-refractivity contribution in [1.29, 1.82) is 0 Å². The van der Waals surface area contributed by atoms with E-state index in [4.69, 9.17) is 21.1 Å². The minimum atomic E-state index is -0.877. The zero-order valence-electron chi connectivity index (χ0n) is 15.7. The fourth-order valence-electron chi connectivity index (χ4n) is 3.97. The summed E-state index contributed by atoms with van der Waals surface area (Å²) in [6.07, 6.45) is 5.32. The van der Waals surface area contributed by atoms with Crippen molar-refractivity contribution in [2.45, 2.75) is 25.3 Å². The van der Waals surface area contributed by atoms with E-state index >= 15 is 0 Å². The van der Waals surface area contributed by atoms with Crippen LogP contribution in [0, 0.1) is 5.92 Å². The van der Waals surface area contributed by atoms with Gasteiger partial charge in [0.25, 0.3) is 0 Å². The van der Waals surface area contributed by atoms with E-state index in [-0.39, 0.29) is 17.6 Å². The van der Waals surface area contributed by atoms with Gasteiger partial charge in [-0.3, -0.25) is 4.79 Å². The number of carbonyl (C=O) groups excluding carboxylic acids is 2. The number of rotatable bonds is 3. The molecule has 0 aliphatic carbocycles. The molecule has 0 radical (unpaired) electrons. The molecular weight excluding hydrogens is 366 g/mol. The third-order valence-electron chi connectivity index (χ3n) is 5.58. The molecule has 3 atom stereocenters. The first kappa shape index (κ1) is 19.2. The predicted molar refractivity (Wildman–Crippen MR) is 103 cm³/mol. The van der Waals surface area contributed by atoms with Crippen molar-refractivity contribution in [2.75, 3.05) is 14.2 Å². The Hall–Kier alpha value is -2.53. The lowest BCUT2D eigenvalue weighted by molar-refractivity contribution is -0.151. The molecule has 6 heteroatoms. The number of fused-ring (bicyclic) bond motifs is 1. The molecule has 27 heavy (non-hydrogen) atoms. The highest BCUT2D eigenvalue weighted by Crippen LogP contribution is 2.50. The van der Waals surface area contributed by atoms with Gasteiger partial charge in [-0.15, -0.1) is 0 Å². The minimum absolute atomic E-state index is 0.226. The Morgan fingerprint density at radius 2 is 1.81 bits per heavy atom. The predicted octanol–water partition coefficient (Wildman–Crippen LogP) is 3.73. The molecule has 142 valence electrons. The van der Waals surface area contributed by atoms with E-state index in [1.807, 2.05) is 56.5 Å². The third kappa shape index (κ3) is 2.96. The van der Waals surface area contributed by atoms with Crippen LogP contribution in [0.5, 0.6) is 0 Å². The van der Waals surface area contributed by atoms with Gasteiger partial charge >= 0.3 is 11.9 Å². The Bertz CT molecular complexity index is 858. The molecule has 0 bridgehead atoms. The van der Waals surface area contributed by atoms with Gasteiger partial charge < -0.3 is 14.4 Å². The molecule has 0 amide bonds. The topological polar surface area (TPSA) is 55.8 Å². The van der Waals surface area contributed by atoms with Gasteiger partial charge in [0.05, 0.1) is 25.7 Å². The summed E-state index contributed by atoms with van der Waals surface area (Å²) < 4.78 is 10.1. The molecule has 0 fully saturated rings. The number of methoxy groups -OCH3 is 2. The number of nitrogens with zero attached hydrogens (tertiary/aromatic N) is 1. The molecule has 2 heterocycles. The largest absolute Gasteiger partial charge is 0.469 e. The number of halogens is 1. The van der Waals surface area contributed by atoms with Crippen LogP contribution in [-0.2, 0) is 19.1 Å². The number of allylic oxidation sites excluding steroid dienone is 3. The number of benzene rings is 1. The lowest BCUT2D eigenvalue weighted by atomic mass is 9.66. The van der Waals surface area contributed by atoms with Gasteiger partial charge in [-0.25, -0.2) is 4.79 Å².